The van der Waals surface area contributed by atoms with Crippen molar-refractivity contribution in [1.29, 1.82) is 0 Å². The first-order valence-electron chi connectivity index (χ1n) is 8.59. The molecule has 0 radical (unpaired) electrons. The zero-order valence-corrected chi connectivity index (χ0v) is 14.7. The Morgan fingerprint density at radius 2 is 1.89 bits per heavy atom. The van der Waals surface area contributed by atoms with Crippen molar-refractivity contribution in [3.8, 4) is 0 Å². The number of benzene rings is 2. The van der Waals surface area contributed by atoms with Crippen molar-refractivity contribution in [1.82, 2.24) is 14.7 Å². The molecule has 1 aliphatic heterocycles. The molecule has 0 bridgehead atoms. The molecule has 2 heterocycles. The number of carbonyl (C=O) groups excluding carboxylic acids is 1. The molecule has 0 unspecified atom stereocenters. The molecule has 1 atom stereocenters. The minimum atomic E-state index is -0.801. The van der Waals surface area contributed by atoms with E-state index in [4.69, 9.17) is 0 Å². The third kappa shape index (κ3) is 3.28. The maximum atomic E-state index is 13.9. The number of anilines is 1. The first-order valence-corrected chi connectivity index (χ1v) is 8.59. The fraction of sp³-hybridized carbons (Fsp3) is 0.200. The van der Waals surface area contributed by atoms with Crippen molar-refractivity contribution in [2.24, 2.45) is 7.05 Å². The van der Waals surface area contributed by atoms with E-state index in [2.05, 4.69) is 10.4 Å². The zero-order chi connectivity index (χ0) is 19.0. The van der Waals surface area contributed by atoms with Gasteiger partial charge < -0.3 is 10.2 Å². The van der Waals surface area contributed by atoms with E-state index in [1.165, 1.54) is 6.07 Å². The molecule has 27 heavy (non-hydrogen) atoms. The lowest BCUT2D eigenvalue weighted by Crippen LogP contribution is -2.41. The number of nitrogens with zero attached hydrogens (tertiary/aromatic N) is 3. The summed E-state index contributed by atoms with van der Waals surface area (Å²) in [5.41, 5.74) is 2.69. The maximum Gasteiger partial charge on any atom is 0.322 e. The molecule has 0 saturated heterocycles. The van der Waals surface area contributed by atoms with Gasteiger partial charge in [-0.3, -0.25) is 4.68 Å². The highest BCUT2D eigenvalue weighted by molar-refractivity contribution is 5.90. The molecule has 3 aromatic rings. The van der Waals surface area contributed by atoms with Gasteiger partial charge in [0.2, 0.25) is 0 Å². The SMILES string of the molecule is Cn1cc([C@H]2CN(C(=O)Nc3c(F)cccc3F)Cc3ccccc32)cn1. The van der Waals surface area contributed by atoms with Crippen LogP contribution in [0.3, 0.4) is 0 Å². The van der Waals surface area contributed by atoms with Gasteiger partial charge in [0.05, 0.1) is 6.20 Å². The second-order valence-corrected chi connectivity index (χ2v) is 6.61. The van der Waals surface area contributed by atoms with Gasteiger partial charge in [-0.15, -0.1) is 0 Å². The molecular formula is C20H18F2N4O. The van der Waals surface area contributed by atoms with Gasteiger partial charge >= 0.3 is 6.03 Å². The Kier molecular flexibility index (Phi) is 4.35. The molecule has 0 saturated carbocycles. The molecule has 138 valence electrons. The monoisotopic (exact) mass is 368 g/mol. The standard InChI is InChI=1S/C20H18F2N4O/c1-25-10-14(9-23-25)16-12-26(11-13-5-2-3-6-15(13)16)20(27)24-19-17(21)7-4-8-18(19)22/h2-10,16H,11-12H2,1H3,(H,24,27)/t16-/m1/s1. The Hall–Kier alpha value is -3.22. The van der Waals surface area contributed by atoms with Gasteiger partial charge in [0.1, 0.15) is 17.3 Å². The average molecular weight is 368 g/mol. The van der Waals surface area contributed by atoms with Crippen LogP contribution in [0.5, 0.6) is 0 Å². The van der Waals surface area contributed by atoms with Crippen LogP contribution in [0.1, 0.15) is 22.6 Å². The number of hydrogen-bond donors (Lipinski definition) is 1. The molecular weight excluding hydrogens is 350 g/mol. The van der Waals surface area contributed by atoms with E-state index >= 15 is 0 Å². The molecule has 0 spiro atoms. The van der Waals surface area contributed by atoms with E-state index in [0.29, 0.717) is 13.1 Å². The van der Waals surface area contributed by atoms with Gasteiger partial charge in [-0.1, -0.05) is 30.3 Å². The Morgan fingerprint density at radius 1 is 1.15 bits per heavy atom. The number of para-hydroxylation sites is 1. The number of amides is 2. The predicted octanol–water partition coefficient (Wildman–Crippen LogP) is 3.88. The molecule has 1 aliphatic rings. The molecule has 7 heteroatoms. The van der Waals surface area contributed by atoms with Crippen LogP contribution in [-0.2, 0) is 13.6 Å². The lowest BCUT2D eigenvalue weighted by molar-refractivity contribution is 0.202. The van der Waals surface area contributed by atoms with Crippen LogP contribution >= 0.6 is 0 Å². The van der Waals surface area contributed by atoms with Crippen molar-refractivity contribution < 1.29 is 13.6 Å². The number of aromatic nitrogens is 2. The highest BCUT2D eigenvalue weighted by atomic mass is 19.1. The number of hydrogen-bond acceptors (Lipinski definition) is 2. The van der Waals surface area contributed by atoms with E-state index in [0.717, 1.165) is 28.8 Å². The first-order chi connectivity index (χ1) is 13.0. The van der Waals surface area contributed by atoms with E-state index in [1.807, 2.05) is 37.5 Å². The van der Waals surface area contributed by atoms with Crippen molar-refractivity contribution >= 4 is 11.7 Å². The number of carbonyl (C=O) groups is 1. The summed E-state index contributed by atoms with van der Waals surface area (Å²) < 4.78 is 29.5. The fourth-order valence-corrected chi connectivity index (χ4v) is 3.47. The van der Waals surface area contributed by atoms with Crippen molar-refractivity contribution in [2.75, 3.05) is 11.9 Å². The molecule has 5 nitrogen and oxygen atoms in total. The van der Waals surface area contributed by atoms with E-state index < -0.39 is 23.4 Å². The molecule has 2 aromatic carbocycles. The minimum Gasteiger partial charge on any atom is -0.319 e. The lowest BCUT2D eigenvalue weighted by atomic mass is 9.86. The summed E-state index contributed by atoms with van der Waals surface area (Å²) >= 11 is 0. The third-order valence-electron chi connectivity index (χ3n) is 4.80. The zero-order valence-electron chi connectivity index (χ0n) is 14.7. The van der Waals surface area contributed by atoms with Crippen LogP contribution in [0.4, 0.5) is 19.3 Å². The molecule has 2 amide bonds. The van der Waals surface area contributed by atoms with Crippen molar-refractivity contribution in [3.63, 3.8) is 0 Å². The van der Waals surface area contributed by atoms with Crippen molar-refractivity contribution in [3.05, 3.63) is 83.2 Å². The van der Waals surface area contributed by atoms with Crippen LogP contribution in [0.25, 0.3) is 0 Å². The molecule has 1 N–H and O–H groups in total. The molecule has 0 aliphatic carbocycles. The summed E-state index contributed by atoms with van der Waals surface area (Å²) in [5.74, 6) is -1.66. The maximum absolute atomic E-state index is 13.9. The Morgan fingerprint density at radius 3 is 2.59 bits per heavy atom. The fourth-order valence-electron chi connectivity index (χ4n) is 3.47. The third-order valence-corrected chi connectivity index (χ3v) is 4.80. The first kappa shape index (κ1) is 17.2. The normalized spacial score (nSPS) is 16.1. The van der Waals surface area contributed by atoms with Crippen LogP contribution in [0.2, 0.25) is 0 Å². The number of fused-ring (bicyclic) bond motifs is 1. The average Bonchev–Trinajstić information content (AvgIpc) is 3.10. The summed E-state index contributed by atoms with van der Waals surface area (Å²) in [6, 6.07) is 10.8. The van der Waals surface area contributed by atoms with Crippen LogP contribution in [-0.4, -0.2) is 27.3 Å². The highest BCUT2D eigenvalue weighted by Gasteiger charge is 2.30. The lowest BCUT2D eigenvalue weighted by Gasteiger charge is -2.34. The van der Waals surface area contributed by atoms with Gasteiger partial charge in [0, 0.05) is 32.3 Å². The van der Waals surface area contributed by atoms with Crippen molar-refractivity contribution in [2.45, 2.75) is 12.5 Å². The summed E-state index contributed by atoms with van der Waals surface area (Å²) in [4.78, 5) is 14.3. The van der Waals surface area contributed by atoms with Gasteiger partial charge in [-0.05, 0) is 28.8 Å². The highest BCUT2D eigenvalue weighted by Crippen LogP contribution is 2.33. The van der Waals surface area contributed by atoms with Gasteiger partial charge in [-0.2, -0.15) is 5.10 Å². The van der Waals surface area contributed by atoms with Gasteiger partial charge in [0.15, 0.2) is 0 Å². The Bertz CT molecular complexity index is 981. The second-order valence-electron chi connectivity index (χ2n) is 6.61. The largest absolute Gasteiger partial charge is 0.322 e. The van der Waals surface area contributed by atoms with E-state index in [1.54, 1.807) is 15.8 Å². The minimum absolute atomic E-state index is 0.0557. The van der Waals surface area contributed by atoms with E-state index in [-0.39, 0.29) is 5.92 Å². The number of halogens is 2. The summed E-state index contributed by atoms with van der Waals surface area (Å²) in [6.45, 7) is 0.763. The number of nitrogens with one attached hydrogen (secondary N) is 1. The summed E-state index contributed by atoms with van der Waals surface area (Å²) in [7, 11) is 1.84. The number of urea groups is 1. The van der Waals surface area contributed by atoms with Gasteiger partial charge in [-0.25, -0.2) is 13.6 Å². The summed E-state index contributed by atoms with van der Waals surface area (Å²) in [6.07, 6.45) is 3.69. The predicted molar refractivity (Wildman–Crippen MR) is 97.3 cm³/mol. The van der Waals surface area contributed by atoms with Crippen LogP contribution in [0.15, 0.2) is 54.9 Å². The summed E-state index contributed by atoms with van der Waals surface area (Å²) in [5, 5.41) is 6.60. The second kappa shape index (κ2) is 6.83. The van der Waals surface area contributed by atoms with E-state index in [9.17, 15) is 13.6 Å². The molecule has 1 aromatic heterocycles. The molecule has 0 fully saturated rings. The molecule has 4 rings (SSSR count). The Labute approximate surface area is 155 Å². The van der Waals surface area contributed by atoms with Gasteiger partial charge in [0.25, 0.3) is 0 Å². The quantitative estimate of drug-likeness (QED) is 0.746. The Balaban J connectivity index is 1.64. The smallest absolute Gasteiger partial charge is 0.319 e. The number of aryl methyl sites for hydroxylation is 1. The topological polar surface area (TPSA) is 50.2 Å². The number of rotatable bonds is 2. The van der Waals surface area contributed by atoms with Crippen LogP contribution < -0.4 is 5.32 Å². The van der Waals surface area contributed by atoms with Crippen LogP contribution in [0, 0.1) is 11.6 Å².